The Kier molecular flexibility index (Phi) is 4.61. The molecule has 21 heavy (non-hydrogen) atoms. The summed E-state index contributed by atoms with van der Waals surface area (Å²) in [7, 11) is 0. The maximum absolute atomic E-state index is 5.41. The maximum atomic E-state index is 5.41. The molecule has 2 aromatic rings. The average Bonchev–Trinajstić information content (AvgIpc) is 3.08. The van der Waals surface area contributed by atoms with Crippen molar-refractivity contribution in [1.29, 1.82) is 0 Å². The third-order valence-corrected chi connectivity index (χ3v) is 4.24. The van der Waals surface area contributed by atoms with Crippen LogP contribution in [0.25, 0.3) is 0 Å². The number of piperidine rings is 1. The molecule has 1 aromatic heterocycles. The Morgan fingerprint density at radius 2 is 1.86 bits per heavy atom. The van der Waals surface area contributed by atoms with E-state index in [2.05, 4.69) is 41.4 Å². The third kappa shape index (κ3) is 3.67. The number of nitrogens with one attached hydrogen (secondary N) is 1. The fourth-order valence-electron chi connectivity index (χ4n) is 2.89. The van der Waals surface area contributed by atoms with Crippen LogP contribution in [0, 0.1) is 0 Å². The molecule has 3 rings (SSSR count). The van der Waals surface area contributed by atoms with Gasteiger partial charge in [-0.1, -0.05) is 12.1 Å². The standard InChI is InChI=1S/C18H24N2O/c1-15(18-6-5-13-21-18)19-14-16-7-9-17(10-8-16)20-11-3-2-4-12-20/h5-10,13,15,19H,2-4,11-12,14H2,1H3. The lowest BCUT2D eigenvalue weighted by Gasteiger charge is -2.28. The van der Waals surface area contributed by atoms with E-state index in [1.165, 1.54) is 43.6 Å². The number of furan rings is 1. The molecule has 0 aliphatic carbocycles. The van der Waals surface area contributed by atoms with Crippen LogP contribution in [0.4, 0.5) is 5.69 Å². The first-order chi connectivity index (χ1) is 10.3. The van der Waals surface area contributed by atoms with Crippen molar-refractivity contribution in [1.82, 2.24) is 5.32 Å². The van der Waals surface area contributed by atoms with Crippen molar-refractivity contribution in [3.63, 3.8) is 0 Å². The minimum atomic E-state index is 0.238. The lowest BCUT2D eigenvalue weighted by molar-refractivity contribution is 0.430. The summed E-state index contributed by atoms with van der Waals surface area (Å²) in [5.74, 6) is 0.986. The van der Waals surface area contributed by atoms with Gasteiger partial charge in [0, 0.05) is 25.3 Å². The molecule has 0 amide bonds. The summed E-state index contributed by atoms with van der Waals surface area (Å²) in [6.45, 7) is 5.39. The highest BCUT2D eigenvalue weighted by Gasteiger charge is 2.11. The summed E-state index contributed by atoms with van der Waals surface area (Å²) in [6.07, 6.45) is 5.75. The Bertz CT molecular complexity index is 527. The molecule has 3 nitrogen and oxygen atoms in total. The summed E-state index contributed by atoms with van der Waals surface area (Å²) in [6, 6.07) is 13.1. The summed E-state index contributed by atoms with van der Waals surface area (Å²) in [5.41, 5.74) is 2.67. The molecular formula is C18H24N2O. The molecular weight excluding hydrogens is 260 g/mol. The van der Waals surface area contributed by atoms with Gasteiger partial charge in [0.25, 0.3) is 0 Å². The highest BCUT2D eigenvalue weighted by Crippen LogP contribution is 2.20. The van der Waals surface area contributed by atoms with E-state index in [4.69, 9.17) is 4.42 Å². The van der Waals surface area contributed by atoms with Crippen LogP contribution in [-0.2, 0) is 6.54 Å². The van der Waals surface area contributed by atoms with Crippen molar-refractivity contribution in [3.05, 3.63) is 54.0 Å². The smallest absolute Gasteiger partial charge is 0.120 e. The van der Waals surface area contributed by atoms with Crippen molar-refractivity contribution in [2.75, 3.05) is 18.0 Å². The van der Waals surface area contributed by atoms with Gasteiger partial charge in [0.15, 0.2) is 0 Å². The van der Waals surface area contributed by atoms with Gasteiger partial charge in [-0.05, 0) is 56.0 Å². The molecule has 1 fully saturated rings. The van der Waals surface area contributed by atoms with Gasteiger partial charge in [0.2, 0.25) is 0 Å². The number of rotatable bonds is 5. The van der Waals surface area contributed by atoms with Gasteiger partial charge < -0.3 is 14.6 Å². The monoisotopic (exact) mass is 284 g/mol. The minimum Gasteiger partial charge on any atom is -0.468 e. The van der Waals surface area contributed by atoms with E-state index in [1.807, 2.05) is 12.1 Å². The van der Waals surface area contributed by atoms with E-state index in [1.54, 1.807) is 6.26 Å². The first kappa shape index (κ1) is 14.2. The predicted molar refractivity (Wildman–Crippen MR) is 86.5 cm³/mol. The van der Waals surface area contributed by atoms with Crippen LogP contribution in [0.1, 0.15) is 43.6 Å². The first-order valence-electron chi connectivity index (χ1n) is 7.93. The number of nitrogens with zero attached hydrogens (tertiary/aromatic N) is 1. The molecule has 112 valence electrons. The van der Waals surface area contributed by atoms with Crippen molar-refractivity contribution in [2.24, 2.45) is 0 Å². The largest absolute Gasteiger partial charge is 0.468 e. The van der Waals surface area contributed by atoms with Gasteiger partial charge in [-0.3, -0.25) is 0 Å². The molecule has 1 N–H and O–H groups in total. The van der Waals surface area contributed by atoms with Crippen LogP contribution in [0.15, 0.2) is 47.1 Å². The van der Waals surface area contributed by atoms with Crippen LogP contribution in [-0.4, -0.2) is 13.1 Å². The molecule has 1 atom stereocenters. The number of hydrogen-bond donors (Lipinski definition) is 1. The van der Waals surface area contributed by atoms with Crippen LogP contribution in [0.5, 0.6) is 0 Å². The van der Waals surface area contributed by atoms with Crippen LogP contribution >= 0.6 is 0 Å². The normalized spacial score (nSPS) is 16.9. The van der Waals surface area contributed by atoms with E-state index in [9.17, 15) is 0 Å². The Morgan fingerprint density at radius 3 is 2.52 bits per heavy atom. The molecule has 0 bridgehead atoms. The van der Waals surface area contributed by atoms with E-state index in [0.29, 0.717) is 0 Å². The summed E-state index contributed by atoms with van der Waals surface area (Å²) >= 11 is 0. The second kappa shape index (κ2) is 6.81. The minimum absolute atomic E-state index is 0.238. The highest BCUT2D eigenvalue weighted by atomic mass is 16.3. The molecule has 0 radical (unpaired) electrons. The molecule has 2 heterocycles. The Labute approximate surface area is 127 Å². The van der Waals surface area contributed by atoms with Gasteiger partial charge in [-0.2, -0.15) is 0 Å². The van der Waals surface area contributed by atoms with Gasteiger partial charge in [-0.15, -0.1) is 0 Å². The lowest BCUT2D eigenvalue weighted by atomic mass is 10.1. The number of benzene rings is 1. The third-order valence-electron chi connectivity index (χ3n) is 4.24. The first-order valence-corrected chi connectivity index (χ1v) is 7.93. The second-order valence-corrected chi connectivity index (χ2v) is 5.83. The Balaban J connectivity index is 1.54. The Morgan fingerprint density at radius 1 is 1.10 bits per heavy atom. The van der Waals surface area contributed by atoms with E-state index >= 15 is 0 Å². The lowest BCUT2D eigenvalue weighted by Crippen LogP contribution is -2.29. The van der Waals surface area contributed by atoms with E-state index in [-0.39, 0.29) is 6.04 Å². The van der Waals surface area contributed by atoms with E-state index < -0.39 is 0 Å². The van der Waals surface area contributed by atoms with Gasteiger partial charge >= 0.3 is 0 Å². The van der Waals surface area contributed by atoms with Gasteiger partial charge in [-0.25, -0.2) is 0 Å². The molecule has 1 aliphatic rings. The SMILES string of the molecule is CC(NCc1ccc(N2CCCCC2)cc1)c1ccco1. The zero-order chi connectivity index (χ0) is 14.5. The van der Waals surface area contributed by atoms with Crippen LogP contribution in [0.2, 0.25) is 0 Å². The molecule has 1 unspecified atom stereocenters. The molecule has 1 aliphatic heterocycles. The molecule has 0 saturated carbocycles. The van der Waals surface area contributed by atoms with Crippen LogP contribution < -0.4 is 10.2 Å². The zero-order valence-corrected chi connectivity index (χ0v) is 12.7. The molecule has 3 heteroatoms. The quantitative estimate of drug-likeness (QED) is 0.895. The molecule has 1 aromatic carbocycles. The number of hydrogen-bond acceptors (Lipinski definition) is 3. The average molecular weight is 284 g/mol. The van der Waals surface area contributed by atoms with Crippen molar-refractivity contribution in [3.8, 4) is 0 Å². The summed E-state index contributed by atoms with van der Waals surface area (Å²) < 4.78 is 5.41. The zero-order valence-electron chi connectivity index (χ0n) is 12.7. The van der Waals surface area contributed by atoms with Gasteiger partial charge in [0.1, 0.15) is 5.76 Å². The van der Waals surface area contributed by atoms with Crippen LogP contribution in [0.3, 0.4) is 0 Å². The second-order valence-electron chi connectivity index (χ2n) is 5.83. The molecule has 0 spiro atoms. The predicted octanol–water partition coefficient (Wildman–Crippen LogP) is 4.12. The fourth-order valence-corrected chi connectivity index (χ4v) is 2.89. The van der Waals surface area contributed by atoms with Crippen molar-refractivity contribution < 1.29 is 4.42 Å². The van der Waals surface area contributed by atoms with E-state index in [0.717, 1.165) is 12.3 Å². The highest BCUT2D eigenvalue weighted by molar-refractivity contribution is 5.47. The summed E-state index contributed by atoms with van der Waals surface area (Å²) in [4.78, 5) is 2.49. The topological polar surface area (TPSA) is 28.4 Å². The summed E-state index contributed by atoms with van der Waals surface area (Å²) in [5, 5.41) is 3.49. The van der Waals surface area contributed by atoms with Crippen molar-refractivity contribution in [2.45, 2.75) is 38.8 Å². The molecule has 1 saturated heterocycles. The number of anilines is 1. The Hall–Kier alpha value is -1.74. The fraction of sp³-hybridized carbons (Fsp3) is 0.444. The van der Waals surface area contributed by atoms with Gasteiger partial charge in [0.05, 0.1) is 12.3 Å². The van der Waals surface area contributed by atoms with Crippen molar-refractivity contribution >= 4 is 5.69 Å². The maximum Gasteiger partial charge on any atom is 0.120 e.